The van der Waals surface area contributed by atoms with Crippen LogP contribution in [0.3, 0.4) is 0 Å². The number of hydrogen-bond donors (Lipinski definition) is 4. The van der Waals surface area contributed by atoms with E-state index in [0.29, 0.717) is 6.42 Å². The van der Waals surface area contributed by atoms with Crippen molar-refractivity contribution in [2.75, 3.05) is 23.4 Å². The molecular weight excluding hydrogens is 312 g/mol. The second-order valence-electron chi connectivity index (χ2n) is 5.12. The van der Waals surface area contributed by atoms with Crippen LogP contribution in [0.5, 0.6) is 0 Å². The van der Waals surface area contributed by atoms with Crippen molar-refractivity contribution in [1.82, 2.24) is 25.3 Å². The summed E-state index contributed by atoms with van der Waals surface area (Å²) in [5, 5.41) is 4.96. The van der Waals surface area contributed by atoms with Gasteiger partial charge in [0.2, 0.25) is 5.95 Å². The first-order chi connectivity index (χ1) is 10.4. The molecule has 10 nitrogen and oxygen atoms in total. The van der Waals surface area contributed by atoms with Crippen LogP contribution in [0.2, 0.25) is 0 Å². The Hall–Kier alpha value is -2.43. The third-order valence-electron chi connectivity index (χ3n) is 3.41. The standard InChI is InChI=1S/C11H14N6O4S/c18-9-7-8(14-5-13-7)15-10(16-9)17-11(19)12-3-6-1-2-22(20,21)4-6/h5-6H,1-4H2,(H4,12,13,14,15,16,17,18,19)/t6-/m0/s1. The summed E-state index contributed by atoms with van der Waals surface area (Å²) in [6.07, 6.45) is 1.87. The van der Waals surface area contributed by atoms with Gasteiger partial charge >= 0.3 is 6.03 Å². The number of fused-ring (bicyclic) bond motifs is 1. The van der Waals surface area contributed by atoms with Crippen molar-refractivity contribution in [2.24, 2.45) is 5.92 Å². The minimum absolute atomic E-state index is 0.0267. The van der Waals surface area contributed by atoms with Crippen LogP contribution >= 0.6 is 0 Å². The van der Waals surface area contributed by atoms with Gasteiger partial charge in [0.1, 0.15) is 0 Å². The minimum Gasteiger partial charge on any atom is -0.339 e. The van der Waals surface area contributed by atoms with Gasteiger partial charge in [0, 0.05) is 6.54 Å². The molecule has 0 radical (unpaired) electrons. The van der Waals surface area contributed by atoms with Crippen molar-refractivity contribution in [3.8, 4) is 0 Å². The lowest BCUT2D eigenvalue weighted by Gasteiger charge is -2.10. The highest BCUT2D eigenvalue weighted by Crippen LogP contribution is 2.17. The number of aromatic nitrogens is 4. The average Bonchev–Trinajstić information content (AvgIpc) is 3.03. The van der Waals surface area contributed by atoms with Crippen molar-refractivity contribution in [2.45, 2.75) is 6.42 Å². The smallest absolute Gasteiger partial charge is 0.321 e. The van der Waals surface area contributed by atoms with Gasteiger partial charge in [-0.15, -0.1) is 0 Å². The van der Waals surface area contributed by atoms with E-state index in [4.69, 9.17) is 0 Å². The average molecular weight is 326 g/mol. The van der Waals surface area contributed by atoms with Crippen LogP contribution in [0.4, 0.5) is 10.7 Å². The van der Waals surface area contributed by atoms with E-state index in [1.807, 2.05) is 0 Å². The first-order valence-electron chi connectivity index (χ1n) is 6.61. The summed E-state index contributed by atoms with van der Waals surface area (Å²) in [4.78, 5) is 36.3. The van der Waals surface area contributed by atoms with Gasteiger partial charge in [0.15, 0.2) is 21.0 Å². The number of H-pyrrole nitrogens is 2. The van der Waals surface area contributed by atoms with E-state index < -0.39 is 21.4 Å². The van der Waals surface area contributed by atoms with E-state index in [2.05, 4.69) is 30.6 Å². The molecule has 118 valence electrons. The Balaban J connectivity index is 1.60. The molecule has 1 saturated heterocycles. The van der Waals surface area contributed by atoms with Crippen molar-refractivity contribution in [3.63, 3.8) is 0 Å². The number of nitrogens with one attached hydrogen (secondary N) is 4. The summed E-state index contributed by atoms with van der Waals surface area (Å²) in [6, 6.07) is -0.567. The first-order valence-corrected chi connectivity index (χ1v) is 8.44. The van der Waals surface area contributed by atoms with Crippen molar-refractivity contribution >= 4 is 33.0 Å². The van der Waals surface area contributed by atoms with E-state index in [1.165, 1.54) is 6.33 Å². The van der Waals surface area contributed by atoms with Crippen molar-refractivity contribution < 1.29 is 13.2 Å². The molecule has 3 heterocycles. The Bertz CT molecular complexity index is 870. The molecule has 4 N–H and O–H groups in total. The van der Waals surface area contributed by atoms with Crippen LogP contribution < -0.4 is 16.2 Å². The number of hydrogen-bond acceptors (Lipinski definition) is 6. The molecule has 22 heavy (non-hydrogen) atoms. The van der Waals surface area contributed by atoms with Crippen LogP contribution in [0.15, 0.2) is 11.1 Å². The normalized spacial score (nSPS) is 20.1. The van der Waals surface area contributed by atoms with E-state index in [-0.39, 0.29) is 41.1 Å². The molecule has 1 fully saturated rings. The summed E-state index contributed by atoms with van der Waals surface area (Å²) >= 11 is 0. The van der Waals surface area contributed by atoms with E-state index in [0.717, 1.165) is 0 Å². The molecule has 0 aromatic carbocycles. The number of sulfone groups is 1. The molecule has 0 spiro atoms. The Kier molecular flexibility index (Phi) is 3.56. The van der Waals surface area contributed by atoms with Crippen LogP contribution in [-0.2, 0) is 9.84 Å². The molecule has 0 bridgehead atoms. The summed E-state index contributed by atoms with van der Waals surface area (Å²) in [5.41, 5.74) is -0.0252. The lowest BCUT2D eigenvalue weighted by atomic mass is 10.1. The molecule has 1 aliphatic rings. The van der Waals surface area contributed by atoms with E-state index in [9.17, 15) is 18.0 Å². The van der Waals surface area contributed by atoms with Gasteiger partial charge in [-0.1, -0.05) is 0 Å². The number of carbonyl (C=O) groups is 1. The fourth-order valence-corrected chi connectivity index (χ4v) is 4.19. The van der Waals surface area contributed by atoms with Gasteiger partial charge in [0.25, 0.3) is 5.56 Å². The van der Waals surface area contributed by atoms with Gasteiger partial charge in [-0.3, -0.25) is 15.1 Å². The van der Waals surface area contributed by atoms with Crippen LogP contribution in [0.25, 0.3) is 11.2 Å². The zero-order chi connectivity index (χ0) is 15.7. The number of carbonyl (C=O) groups excluding carboxylic acids is 1. The van der Waals surface area contributed by atoms with Gasteiger partial charge in [-0.25, -0.2) is 18.2 Å². The molecule has 3 rings (SSSR count). The highest BCUT2D eigenvalue weighted by Gasteiger charge is 2.27. The molecular formula is C11H14N6O4S. The third-order valence-corrected chi connectivity index (χ3v) is 5.24. The maximum atomic E-state index is 11.8. The van der Waals surface area contributed by atoms with Gasteiger partial charge in [0.05, 0.1) is 17.8 Å². The van der Waals surface area contributed by atoms with Crippen molar-refractivity contribution in [3.05, 3.63) is 16.7 Å². The molecule has 2 amide bonds. The number of urea groups is 1. The van der Waals surface area contributed by atoms with Crippen LogP contribution in [-0.4, -0.2) is 52.4 Å². The highest BCUT2D eigenvalue weighted by atomic mass is 32.2. The summed E-state index contributed by atoms with van der Waals surface area (Å²) in [5.74, 6) is 0.130. The van der Waals surface area contributed by atoms with E-state index >= 15 is 0 Å². The number of anilines is 1. The fraction of sp³-hybridized carbons (Fsp3) is 0.455. The monoisotopic (exact) mass is 326 g/mol. The lowest BCUT2D eigenvalue weighted by molar-refractivity contribution is 0.250. The van der Waals surface area contributed by atoms with Gasteiger partial charge in [-0.2, -0.15) is 4.98 Å². The maximum absolute atomic E-state index is 11.8. The Morgan fingerprint density at radius 2 is 2.27 bits per heavy atom. The predicted octanol–water partition coefficient (Wildman–Crippen LogP) is -0.798. The number of nitrogens with zero attached hydrogens (tertiary/aromatic N) is 2. The Morgan fingerprint density at radius 3 is 3.00 bits per heavy atom. The second-order valence-corrected chi connectivity index (χ2v) is 7.35. The molecule has 1 aliphatic heterocycles. The largest absolute Gasteiger partial charge is 0.339 e. The number of amides is 2. The molecule has 0 aliphatic carbocycles. The number of aromatic amines is 2. The fourth-order valence-electron chi connectivity index (χ4n) is 2.32. The minimum atomic E-state index is -2.97. The zero-order valence-electron chi connectivity index (χ0n) is 11.4. The Morgan fingerprint density at radius 1 is 1.45 bits per heavy atom. The van der Waals surface area contributed by atoms with Crippen LogP contribution in [0, 0.1) is 5.92 Å². The summed E-state index contributed by atoms with van der Waals surface area (Å²) in [7, 11) is -2.97. The van der Waals surface area contributed by atoms with Gasteiger partial charge < -0.3 is 10.3 Å². The first kappa shape index (κ1) is 14.5. The molecule has 0 unspecified atom stereocenters. The number of imidazole rings is 1. The maximum Gasteiger partial charge on any atom is 0.321 e. The third kappa shape index (κ3) is 3.08. The van der Waals surface area contributed by atoms with Gasteiger partial charge in [-0.05, 0) is 12.3 Å². The highest BCUT2D eigenvalue weighted by molar-refractivity contribution is 7.91. The number of rotatable bonds is 3. The predicted molar refractivity (Wildman–Crippen MR) is 78.3 cm³/mol. The molecule has 0 saturated carbocycles. The lowest BCUT2D eigenvalue weighted by Crippen LogP contribution is -2.34. The van der Waals surface area contributed by atoms with Crippen LogP contribution in [0.1, 0.15) is 6.42 Å². The SMILES string of the molecule is O=C(NC[C@@H]1CCS(=O)(=O)C1)Nc1nc2nc[nH]c2c(=O)[nH]1. The van der Waals surface area contributed by atoms with Crippen molar-refractivity contribution in [1.29, 1.82) is 0 Å². The zero-order valence-corrected chi connectivity index (χ0v) is 12.2. The summed E-state index contributed by atoms with van der Waals surface area (Å²) < 4.78 is 22.7. The Labute approximate surface area is 124 Å². The quantitative estimate of drug-likeness (QED) is 0.580. The molecule has 2 aromatic heterocycles. The molecule has 1 atom stereocenters. The summed E-state index contributed by atoms with van der Waals surface area (Å²) in [6.45, 7) is 0.250. The second kappa shape index (κ2) is 5.40. The molecule has 2 aromatic rings. The molecule has 11 heteroatoms. The topological polar surface area (TPSA) is 150 Å². The van der Waals surface area contributed by atoms with E-state index in [1.54, 1.807) is 0 Å².